The van der Waals surface area contributed by atoms with Gasteiger partial charge in [-0.2, -0.15) is 0 Å². The van der Waals surface area contributed by atoms with Gasteiger partial charge in [-0.1, -0.05) is 54.9 Å². The third-order valence-corrected chi connectivity index (χ3v) is 14.2. The lowest BCUT2D eigenvalue weighted by Crippen LogP contribution is -2.65. The van der Waals surface area contributed by atoms with E-state index in [0.29, 0.717) is 27.1 Å². The van der Waals surface area contributed by atoms with Crippen molar-refractivity contribution in [1.82, 2.24) is 0 Å². The normalized spacial score (nSPS) is 53.8. The first kappa shape index (κ1) is 24.4. The predicted molar refractivity (Wildman–Crippen MR) is 139 cm³/mol. The van der Waals surface area contributed by atoms with E-state index in [0.717, 1.165) is 54.6 Å². The van der Waals surface area contributed by atoms with Gasteiger partial charge in [-0.3, -0.25) is 0 Å². The Labute approximate surface area is 205 Å². The van der Waals surface area contributed by atoms with Crippen LogP contribution < -0.4 is 0 Å². The van der Waals surface area contributed by atoms with Gasteiger partial charge >= 0.3 is 0 Å². The Morgan fingerprint density at radius 3 is 2.03 bits per heavy atom. The minimum absolute atomic E-state index is 0.512. The Morgan fingerprint density at radius 2 is 1.36 bits per heavy atom. The van der Waals surface area contributed by atoms with Crippen LogP contribution in [0.25, 0.3) is 0 Å². The maximum atomic E-state index is 11.0. The van der Waals surface area contributed by atoms with E-state index in [9.17, 15) is 4.79 Å². The Balaban J connectivity index is 1.45. The summed E-state index contributed by atoms with van der Waals surface area (Å²) in [4.78, 5) is 11.0. The maximum absolute atomic E-state index is 11.0. The second-order valence-corrected chi connectivity index (χ2v) is 15.5. The molecule has 0 bridgehead atoms. The van der Waals surface area contributed by atoms with Crippen molar-refractivity contribution in [1.29, 1.82) is 0 Å². The van der Waals surface area contributed by atoms with E-state index in [2.05, 4.69) is 48.5 Å². The monoisotopic (exact) mass is 454 g/mol. The molecule has 0 radical (unpaired) electrons. The number of aldehydes is 1. The van der Waals surface area contributed by atoms with Gasteiger partial charge in [-0.05, 0) is 133 Å². The van der Waals surface area contributed by atoms with Crippen molar-refractivity contribution in [2.75, 3.05) is 0 Å². The Kier molecular flexibility index (Phi) is 5.78. The molecule has 5 rings (SSSR count). The third-order valence-electron chi connectivity index (χ3n) is 14.2. The van der Waals surface area contributed by atoms with Crippen LogP contribution in [0, 0.1) is 62.6 Å². The van der Waals surface area contributed by atoms with Crippen LogP contribution in [0.5, 0.6) is 0 Å². The lowest BCUT2D eigenvalue weighted by atomic mass is 9.32. The number of carbonyl (C=O) groups is 1. The lowest BCUT2D eigenvalue weighted by molar-refractivity contribution is -0.241. The summed E-state index contributed by atoms with van der Waals surface area (Å²) < 4.78 is 0. The molecule has 0 aliphatic heterocycles. The summed E-state index contributed by atoms with van der Waals surface area (Å²) in [7, 11) is 0. The van der Waals surface area contributed by atoms with Crippen LogP contribution in [-0.4, -0.2) is 6.29 Å². The van der Waals surface area contributed by atoms with Gasteiger partial charge in [-0.15, -0.1) is 0 Å². The lowest BCUT2D eigenvalue weighted by Gasteiger charge is -2.73. The number of hydrogen-bond acceptors (Lipinski definition) is 1. The Hall–Kier alpha value is -0.330. The highest BCUT2D eigenvalue weighted by molar-refractivity contribution is 5.49. The summed E-state index contributed by atoms with van der Waals surface area (Å²) in [6.45, 7) is 18.7. The molecule has 5 aliphatic rings. The zero-order chi connectivity index (χ0) is 23.9. The van der Waals surface area contributed by atoms with Crippen LogP contribution in [0.3, 0.4) is 0 Å². The van der Waals surface area contributed by atoms with E-state index in [1.807, 2.05) is 0 Å². The molecule has 5 saturated carbocycles. The van der Waals surface area contributed by atoms with Gasteiger partial charge in [-0.25, -0.2) is 0 Å². The average Bonchev–Trinajstić information content (AvgIpc) is 3.09. The molecule has 1 nitrogen and oxygen atoms in total. The van der Waals surface area contributed by atoms with E-state index in [-0.39, 0.29) is 0 Å². The maximum Gasteiger partial charge on any atom is 0.120 e. The van der Waals surface area contributed by atoms with Crippen LogP contribution in [0.2, 0.25) is 0 Å². The Morgan fingerprint density at radius 1 is 0.727 bits per heavy atom. The molecule has 0 amide bonds. The SMILES string of the molecule is C[C@H](CCC=O)[C@H]1CC[C@]2(C)[C@H]3CC[C@@H]4[C@@]5(C)CCCC(C)(C)C5CC[C@@]4(C)[C@]3(C)CC[C@@H]12. The van der Waals surface area contributed by atoms with Crippen molar-refractivity contribution in [2.45, 2.75) is 132 Å². The molecule has 1 unspecified atom stereocenters. The average molecular weight is 455 g/mol. The summed E-state index contributed by atoms with van der Waals surface area (Å²) in [5, 5.41) is 0. The molecule has 0 aromatic carbocycles. The number of rotatable bonds is 4. The van der Waals surface area contributed by atoms with Crippen LogP contribution in [0.4, 0.5) is 0 Å². The fraction of sp³-hybridized carbons (Fsp3) is 0.969. The third kappa shape index (κ3) is 3.18. The van der Waals surface area contributed by atoms with E-state index < -0.39 is 0 Å². The van der Waals surface area contributed by atoms with Gasteiger partial charge in [0.05, 0.1) is 0 Å². The molecule has 1 heteroatoms. The molecule has 0 N–H and O–H groups in total. The van der Waals surface area contributed by atoms with Crippen LogP contribution >= 0.6 is 0 Å². The highest BCUT2D eigenvalue weighted by Gasteiger charge is 2.70. The van der Waals surface area contributed by atoms with Crippen molar-refractivity contribution in [3.8, 4) is 0 Å². The second kappa shape index (κ2) is 7.83. The molecule has 0 heterocycles. The summed E-state index contributed by atoms with van der Waals surface area (Å²) in [6, 6.07) is 0. The zero-order valence-electron chi connectivity index (χ0n) is 23.1. The van der Waals surface area contributed by atoms with E-state index >= 15 is 0 Å². The molecule has 0 aromatic heterocycles. The van der Waals surface area contributed by atoms with E-state index in [1.54, 1.807) is 0 Å². The molecular weight excluding hydrogens is 400 g/mol. The minimum Gasteiger partial charge on any atom is -0.303 e. The van der Waals surface area contributed by atoms with Gasteiger partial charge in [0.1, 0.15) is 6.29 Å². The minimum atomic E-state index is 0.512. The van der Waals surface area contributed by atoms with Crippen molar-refractivity contribution >= 4 is 6.29 Å². The molecule has 10 atom stereocenters. The van der Waals surface area contributed by atoms with Gasteiger partial charge in [0.25, 0.3) is 0 Å². The number of carbonyl (C=O) groups excluding carboxylic acids is 1. The standard InChI is InChI=1S/C32H54O/c1-22(10-8-21-33)23-13-18-29(4)24(23)14-19-31(6)26(29)11-12-27-30(5)17-9-16-28(2,3)25(30)15-20-32(27,31)7/h21-27H,8-20H2,1-7H3/t22-,23-,24+,25?,26-,27-,29+,30+,31-,32-/m1/s1. The molecule has 0 saturated heterocycles. The first-order chi connectivity index (χ1) is 15.4. The van der Waals surface area contributed by atoms with Gasteiger partial charge in [0, 0.05) is 6.42 Å². The number of fused-ring (bicyclic) bond motifs is 7. The second-order valence-electron chi connectivity index (χ2n) is 15.5. The fourth-order valence-corrected chi connectivity index (χ4v) is 12.6. The van der Waals surface area contributed by atoms with Crippen LogP contribution in [0.15, 0.2) is 0 Å². The molecule has 5 aliphatic carbocycles. The fourth-order valence-electron chi connectivity index (χ4n) is 12.6. The summed E-state index contributed by atoms with van der Waals surface area (Å²) in [6.07, 6.45) is 19.1. The first-order valence-corrected chi connectivity index (χ1v) is 14.9. The van der Waals surface area contributed by atoms with E-state index in [4.69, 9.17) is 0 Å². The summed E-state index contributed by atoms with van der Waals surface area (Å²) >= 11 is 0. The van der Waals surface area contributed by atoms with Crippen molar-refractivity contribution < 1.29 is 4.79 Å². The molecular formula is C32H54O. The predicted octanol–water partition coefficient (Wildman–Crippen LogP) is 9.09. The molecule has 0 spiro atoms. The summed E-state index contributed by atoms with van der Waals surface area (Å²) in [5.41, 5.74) is 2.65. The largest absolute Gasteiger partial charge is 0.303 e. The van der Waals surface area contributed by atoms with Crippen LogP contribution in [-0.2, 0) is 4.79 Å². The molecule has 5 fully saturated rings. The molecule has 188 valence electrons. The zero-order valence-corrected chi connectivity index (χ0v) is 23.1. The topological polar surface area (TPSA) is 17.1 Å². The highest BCUT2D eigenvalue weighted by Crippen LogP contribution is 2.78. The van der Waals surface area contributed by atoms with Crippen molar-refractivity contribution in [3.63, 3.8) is 0 Å². The van der Waals surface area contributed by atoms with Crippen molar-refractivity contribution in [2.24, 2.45) is 62.6 Å². The van der Waals surface area contributed by atoms with Gasteiger partial charge in [0.15, 0.2) is 0 Å². The van der Waals surface area contributed by atoms with Crippen molar-refractivity contribution in [3.05, 3.63) is 0 Å². The highest BCUT2D eigenvalue weighted by atomic mass is 16.1. The number of hydrogen-bond donors (Lipinski definition) is 0. The first-order valence-electron chi connectivity index (χ1n) is 14.9. The van der Waals surface area contributed by atoms with Gasteiger partial charge < -0.3 is 4.79 Å². The van der Waals surface area contributed by atoms with E-state index in [1.165, 1.54) is 70.6 Å². The molecule has 0 aromatic rings. The summed E-state index contributed by atoms with van der Waals surface area (Å²) in [5.74, 6) is 5.24. The Bertz CT molecular complexity index is 768. The molecule has 33 heavy (non-hydrogen) atoms. The van der Waals surface area contributed by atoms with Gasteiger partial charge in [0.2, 0.25) is 0 Å². The quantitative estimate of drug-likeness (QED) is 0.387. The smallest absolute Gasteiger partial charge is 0.120 e. The van der Waals surface area contributed by atoms with Crippen LogP contribution in [0.1, 0.15) is 132 Å².